The topological polar surface area (TPSA) is 66.8 Å². The summed E-state index contributed by atoms with van der Waals surface area (Å²) in [5, 5.41) is 11.7. The van der Waals surface area contributed by atoms with Crippen molar-refractivity contribution in [2.75, 3.05) is 12.0 Å². The molecule has 33 heavy (non-hydrogen) atoms. The van der Waals surface area contributed by atoms with Gasteiger partial charge in [0.1, 0.15) is 11.5 Å². The molecule has 1 aliphatic heterocycles. The highest BCUT2D eigenvalue weighted by atomic mass is 35.5. The minimum Gasteiger partial charge on any atom is -0.507 e. The molecule has 5 nitrogen and oxygen atoms in total. The van der Waals surface area contributed by atoms with Gasteiger partial charge in [-0.1, -0.05) is 53.6 Å². The number of ketones is 1. The summed E-state index contributed by atoms with van der Waals surface area (Å²) in [4.78, 5) is 28.1. The van der Waals surface area contributed by atoms with E-state index in [0.717, 1.165) is 22.3 Å². The second-order valence-electron chi connectivity index (χ2n) is 8.25. The number of methoxy groups -OCH3 is 1. The number of ether oxygens (including phenoxy) is 1. The molecule has 0 radical (unpaired) electrons. The molecular weight excluding hydrogens is 438 g/mol. The van der Waals surface area contributed by atoms with Crippen molar-refractivity contribution in [1.29, 1.82) is 0 Å². The molecule has 0 saturated carbocycles. The third kappa shape index (κ3) is 4.00. The summed E-state index contributed by atoms with van der Waals surface area (Å²) < 4.78 is 5.43. The first-order valence-electron chi connectivity index (χ1n) is 10.5. The van der Waals surface area contributed by atoms with Crippen molar-refractivity contribution in [2.24, 2.45) is 0 Å². The number of halogens is 1. The molecule has 0 aliphatic carbocycles. The molecule has 1 heterocycles. The Balaban J connectivity index is 2.02. The lowest BCUT2D eigenvalue weighted by molar-refractivity contribution is -0.132. The zero-order chi connectivity index (χ0) is 23.9. The second-order valence-corrected chi connectivity index (χ2v) is 8.66. The van der Waals surface area contributed by atoms with Crippen LogP contribution in [0.15, 0.2) is 66.2 Å². The van der Waals surface area contributed by atoms with Crippen molar-refractivity contribution in [1.82, 2.24) is 0 Å². The number of Topliss-reactive ketones (excluding diaryl/α,β-unsaturated/α-hetero) is 1. The van der Waals surface area contributed by atoms with E-state index < -0.39 is 17.7 Å². The van der Waals surface area contributed by atoms with Crippen molar-refractivity contribution in [3.05, 3.63) is 99.1 Å². The minimum absolute atomic E-state index is 0.00734. The predicted molar refractivity (Wildman–Crippen MR) is 130 cm³/mol. The number of carbonyl (C=O) groups excluding carboxylic acids is 2. The third-order valence-corrected chi connectivity index (χ3v) is 6.01. The summed E-state index contributed by atoms with van der Waals surface area (Å²) >= 11 is 6.35. The number of nitrogens with zero attached hydrogens (tertiary/aromatic N) is 1. The summed E-state index contributed by atoms with van der Waals surface area (Å²) in [6, 6.07) is 17.5. The summed E-state index contributed by atoms with van der Waals surface area (Å²) in [5.41, 5.74) is 4.26. The third-order valence-electron chi connectivity index (χ3n) is 5.73. The molecule has 6 heteroatoms. The fourth-order valence-corrected chi connectivity index (χ4v) is 4.64. The first-order valence-corrected chi connectivity index (χ1v) is 10.9. The zero-order valence-corrected chi connectivity index (χ0v) is 19.6. The van der Waals surface area contributed by atoms with E-state index in [1.165, 1.54) is 12.0 Å². The van der Waals surface area contributed by atoms with Gasteiger partial charge in [-0.15, -0.1) is 0 Å². The predicted octanol–water partition coefficient (Wildman–Crippen LogP) is 5.90. The fourth-order valence-electron chi connectivity index (χ4n) is 4.29. The van der Waals surface area contributed by atoms with Gasteiger partial charge in [-0.05, 0) is 61.7 Å². The Morgan fingerprint density at radius 1 is 0.939 bits per heavy atom. The standard InChI is InChI=1S/C27H24ClNO4/c1-15-7-5-9-18(11-15)23-22(24(30)20-13-17(3)14-21(28)26(20)33-4)25(31)27(32)29(23)19-10-6-8-16(2)12-19/h5-14,23,30H,1-4H3/b24-22+. The normalized spacial score (nSPS) is 17.5. The Morgan fingerprint density at radius 3 is 2.24 bits per heavy atom. The van der Waals surface area contributed by atoms with Crippen LogP contribution in [0.5, 0.6) is 5.75 Å². The van der Waals surface area contributed by atoms with Crippen molar-refractivity contribution >= 4 is 34.7 Å². The van der Waals surface area contributed by atoms with Crippen LogP contribution in [-0.4, -0.2) is 23.9 Å². The van der Waals surface area contributed by atoms with Crippen LogP contribution in [0.1, 0.15) is 33.9 Å². The van der Waals surface area contributed by atoms with Crippen molar-refractivity contribution in [3.63, 3.8) is 0 Å². The lowest BCUT2D eigenvalue weighted by atomic mass is 9.93. The Morgan fingerprint density at radius 2 is 1.61 bits per heavy atom. The van der Waals surface area contributed by atoms with E-state index in [4.69, 9.17) is 16.3 Å². The minimum atomic E-state index is -0.810. The van der Waals surface area contributed by atoms with Gasteiger partial charge in [0.15, 0.2) is 0 Å². The molecular formula is C27H24ClNO4. The van der Waals surface area contributed by atoms with Gasteiger partial charge in [0.25, 0.3) is 11.7 Å². The Labute approximate surface area is 197 Å². The number of aliphatic hydroxyl groups excluding tert-OH is 1. The monoisotopic (exact) mass is 461 g/mol. The zero-order valence-electron chi connectivity index (χ0n) is 18.8. The van der Waals surface area contributed by atoms with Crippen LogP contribution in [0.4, 0.5) is 5.69 Å². The molecule has 0 spiro atoms. The molecule has 1 unspecified atom stereocenters. The van der Waals surface area contributed by atoms with Crippen molar-refractivity contribution < 1.29 is 19.4 Å². The fraction of sp³-hybridized carbons (Fsp3) is 0.185. The Kier molecular flexibility index (Phi) is 6.00. The average molecular weight is 462 g/mol. The SMILES string of the molecule is COc1c(Cl)cc(C)cc1/C(O)=C1\C(=O)C(=O)N(c2cccc(C)c2)C1c1cccc(C)c1. The molecule has 0 bridgehead atoms. The molecule has 4 rings (SSSR count). The van der Waals surface area contributed by atoms with Gasteiger partial charge < -0.3 is 9.84 Å². The molecule has 168 valence electrons. The molecule has 3 aromatic rings. The van der Waals surface area contributed by atoms with E-state index in [1.54, 1.807) is 18.2 Å². The van der Waals surface area contributed by atoms with Crippen molar-refractivity contribution in [3.8, 4) is 5.75 Å². The average Bonchev–Trinajstić information content (AvgIpc) is 3.03. The van der Waals surface area contributed by atoms with Gasteiger partial charge in [-0.2, -0.15) is 0 Å². The van der Waals surface area contributed by atoms with Gasteiger partial charge in [0.05, 0.1) is 29.3 Å². The maximum Gasteiger partial charge on any atom is 0.300 e. The number of hydrogen-bond donors (Lipinski definition) is 1. The largest absolute Gasteiger partial charge is 0.507 e. The van der Waals surface area contributed by atoms with E-state index in [-0.39, 0.29) is 22.6 Å². The van der Waals surface area contributed by atoms with E-state index in [9.17, 15) is 14.7 Å². The van der Waals surface area contributed by atoms with E-state index in [0.29, 0.717) is 10.7 Å². The van der Waals surface area contributed by atoms with E-state index in [2.05, 4.69) is 0 Å². The first kappa shape index (κ1) is 22.6. The second kappa shape index (κ2) is 8.75. The highest BCUT2D eigenvalue weighted by Gasteiger charge is 2.47. The quantitative estimate of drug-likeness (QED) is 0.298. The first-order chi connectivity index (χ1) is 15.7. The summed E-state index contributed by atoms with van der Waals surface area (Å²) in [6.07, 6.45) is 0. The molecule has 1 fully saturated rings. The van der Waals surface area contributed by atoms with Crippen LogP contribution in [0, 0.1) is 20.8 Å². The summed E-state index contributed by atoms with van der Waals surface area (Å²) in [5.74, 6) is -1.55. The number of hydrogen-bond acceptors (Lipinski definition) is 4. The van der Waals surface area contributed by atoms with Crippen LogP contribution < -0.4 is 9.64 Å². The van der Waals surface area contributed by atoms with Crippen LogP contribution in [0.3, 0.4) is 0 Å². The van der Waals surface area contributed by atoms with E-state index in [1.807, 2.05) is 63.2 Å². The summed E-state index contributed by atoms with van der Waals surface area (Å²) in [6.45, 7) is 5.68. The smallest absolute Gasteiger partial charge is 0.300 e. The number of aliphatic hydroxyl groups is 1. The van der Waals surface area contributed by atoms with Gasteiger partial charge in [-0.3, -0.25) is 14.5 Å². The highest BCUT2D eigenvalue weighted by molar-refractivity contribution is 6.51. The molecule has 3 aromatic carbocycles. The van der Waals surface area contributed by atoms with Crippen LogP contribution in [0.25, 0.3) is 5.76 Å². The Bertz CT molecular complexity index is 1310. The molecule has 1 aliphatic rings. The summed E-state index contributed by atoms with van der Waals surface area (Å²) in [7, 11) is 1.44. The van der Waals surface area contributed by atoms with Gasteiger partial charge in [0, 0.05) is 5.69 Å². The van der Waals surface area contributed by atoms with Crippen molar-refractivity contribution in [2.45, 2.75) is 26.8 Å². The maximum absolute atomic E-state index is 13.3. The van der Waals surface area contributed by atoms with E-state index >= 15 is 0 Å². The van der Waals surface area contributed by atoms with Crippen LogP contribution in [0.2, 0.25) is 5.02 Å². The van der Waals surface area contributed by atoms with Crippen LogP contribution >= 0.6 is 11.6 Å². The van der Waals surface area contributed by atoms with Gasteiger partial charge in [-0.25, -0.2) is 0 Å². The van der Waals surface area contributed by atoms with Gasteiger partial charge >= 0.3 is 0 Å². The molecule has 1 N–H and O–H groups in total. The molecule has 1 amide bonds. The lowest BCUT2D eigenvalue weighted by Crippen LogP contribution is -2.29. The maximum atomic E-state index is 13.3. The number of aryl methyl sites for hydroxylation is 3. The number of anilines is 1. The molecule has 0 aromatic heterocycles. The molecule has 1 saturated heterocycles. The molecule has 1 atom stereocenters. The number of carbonyl (C=O) groups is 2. The van der Waals surface area contributed by atoms with Crippen LogP contribution in [-0.2, 0) is 9.59 Å². The van der Waals surface area contributed by atoms with Gasteiger partial charge in [0.2, 0.25) is 0 Å². The number of amides is 1. The lowest BCUT2D eigenvalue weighted by Gasteiger charge is -2.26. The number of rotatable bonds is 4. The highest BCUT2D eigenvalue weighted by Crippen LogP contribution is 2.44. The Hall–Kier alpha value is -3.57. The number of benzene rings is 3.